The van der Waals surface area contributed by atoms with E-state index < -0.39 is 20.6 Å². The van der Waals surface area contributed by atoms with Crippen molar-refractivity contribution in [2.75, 3.05) is 19.6 Å². The molecule has 0 amide bonds. The minimum Gasteiger partial charge on any atom is -0.313 e. The maximum Gasteiger partial charge on any atom is 0.290 e. The van der Waals surface area contributed by atoms with Crippen molar-refractivity contribution in [3.63, 3.8) is 0 Å². The smallest absolute Gasteiger partial charge is 0.290 e. The molecule has 0 aromatic heterocycles. The third kappa shape index (κ3) is 4.65. The topological polar surface area (TPSA) is 101 Å². The van der Waals surface area contributed by atoms with Crippen LogP contribution in [0.4, 0.5) is 5.69 Å². The van der Waals surface area contributed by atoms with Gasteiger partial charge >= 0.3 is 0 Å². The average molecular weight is 368 g/mol. The Morgan fingerprint density at radius 1 is 1.41 bits per heavy atom. The lowest BCUT2D eigenvalue weighted by Crippen LogP contribution is -2.30. The van der Waals surface area contributed by atoms with Crippen molar-refractivity contribution in [2.24, 2.45) is 0 Å². The normalized spacial score (nSPS) is 14.9. The Kier molecular flexibility index (Phi) is 6.76. The predicted molar refractivity (Wildman–Crippen MR) is 86.1 cm³/mol. The summed E-state index contributed by atoms with van der Waals surface area (Å²) in [6.45, 7) is 1.62. The molecule has 0 spiro atoms. The number of hydrogen-bond donors (Lipinski definition) is 2. The molecule has 0 bridgehead atoms. The van der Waals surface area contributed by atoms with E-state index in [2.05, 4.69) is 10.0 Å². The monoisotopic (exact) mass is 367 g/mol. The molecule has 2 N–H and O–H groups in total. The Morgan fingerprint density at radius 3 is 2.73 bits per heavy atom. The van der Waals surface area contributed by atoms with Gasteiger partial charge in [0, 0.05) is 24.2 Å². The average Bonchev–Trinajstić information content (AvgIpc) is 2.46. The minimum absolute atomic E-state index is 0. The third-order valence-electron chi connectivity index (χ3n) is 3.05. The summed E-state index contributed by atoms with van der Waals surface area (Å²) in [6.07, 6.45) is 2.65. The van der Waals surface area contributed by atoms with Gasteiger partial charge in [0.15, 0.2) is 4.90 Å². The van der Waals surface area contributed by atoms with E-state index in [-0.39, 0.29) is 28.9 Å². The number of sulfonamides is 1. The van der Waals surface area contributed by atoms with Crippen molar-refractivity contribution in [1.29, 1.82) is 0 Å². The minimum atomic E-state index is -3.96. The van der Waals surface area contributed by atoms with Crippen LogP contribution in [0.1, 0.15) is 6.42 Å². The Morgan fingerprint density at radius 2 is 2.14 bits per heavy atom. The summed E-state index contributed by atoms with van der Waals surface area (Å²) in [5.41, 5.74) is 0.420. The molecule has 1 aliphatic heterocycles. The molecule has 122 valence electrons. The number of nitro benzene ring substituents is 1. The number of rotatable bonds is 5. The van der Waals surface area contributed by atoms with E-state index in [1.807, 2.05) is 6.08 Å². The summed E-state index contributed by atoms with van der Waals surface area (Å²) < 4.78 is 26.8. The van der Waals surface area contributed by atoms with E-state index in [1.165, 1.54) is 6.07 Å². The first-order chi connectivity index (χ1) is 9.90. The number of benzene rings is 1. The maximum atomic E-state index is 12.2. The quantitative estimate of drug-likeness (QED) is 0.469. The van der Waals surface area contributed by atoms with Crippen molar-refractivity contribution >= 4 is 39.7 Å². The molecule has 1 aromatic carbocycles. The van der Waals surface area contributed by atoms with Gasteiger partial charge in [-0.25, -0.2) is 13.1 Å². The molecule has 0 fully saturated rings. The molecule has 7 nitrogen and oxygen atoms in total. The van der Waals surface area contributed by atoms with Crippen molar-refractivity contribution in [3.8, 4) is 0 Å². The maximum absolute atomic E-state index is 12.2. The summed E-state index contributed by atoms with van der Waals surface area (Å²) in [6, 6.07) is 3.48. The fourth-order valence-corrected chi connectivity index (χ4v) is 3.31. The van der Waals surface area contributed by atoms with E-state index in [0.717, 1.165) is 30.7 Å². The molecule has 1 aromatic rings. The van der Waals surface area contributed by atoms with Crippen molar-refractivity contribution in [3.05, 3.63) is 45.0 Å². The number of halogens is 2. The highest BCUT2D eigenvalue weighted by Gasteiger charge is 2.26. The zero-order chi connectivity index (χ0) is 15.5. The highest BCUT2D eigenvalue weighted by atomic mass is 35.5. The van der Waals surface area contributed by atoms with Crippen LogP contribution in [0.2, 0.25) is 5.02 Å². The van der Waals surface area contributed by atoms with Crippen LogP contribution in [-0.4, -0.2) is 33.0 Å². The standard InChI is InChI=1S/C12H14ClN3O4S.ClH/c13-10-1-2-12(11(7-10)16(17)18)21(19,20)15-8-9-3-5-14-6-4-9;/h1-3,7,14-15H,4-6,8H2;1H. The molecule has 0 radical (unpaired) electrons. The predicted octanol–water partition coefficient (Wildman–Crippen LogP) is 1.87. The number of nitrogens with one attached hydrogen (secondary N) is 2. The van der Waals surface area contributed by atoms with Crippen LogP contribution in [-0.2, 0) is 10.0 Å². The van der Waals surface area contributed by atoms with E-state index in [9.17, 15) is 18.5 Å². The van der Waals surface area contributed by atoms with Gasteiger partial charge in [-0.3, -0.25) is 10.1 Å². The fraction of sp³-hybridized carbons (Fsp3) is 0.333. The van der Waals surface area contributed by atoms with Crippen LogP contribution in [0.15, 0.2) is 34.7 Å². The van der Waals surface area contributed by atoms with Gasteiger partial charge in [0.25, 0.3) is 5.69 Å². The van der Waals surface area contributed by atoms with E-state index in [0.29, 0.717) is 6.54 Å². The van der Waals surface area contributed by atoms with Crippen LogP contribution in [0.3, 0.4) is 0 Å². The largest absolute Gasteiger partial charge is 0.313 e. The molecule has 0 unspecified atom stereocenters. The number of nitrogens with zero attached hydrogens (tertiary/aromatic N) is 1. The fourth-order valence-electron chi connectivity index (χ4n) is 1.96. The van der Waals surface area contributed by atoms with Crippen molar-refractivity contribution in [1.82, 2.24) is 10.0 Å². The van der Waals surface area contributed by atoms with Gasteiger partial charge in [-0.2, -0.15) is 0 Å². The second-order valence-electron chi connectivity index (χ2n) is 4.51. The Hall–Kier alpha value is -1.19. The van der Waals surface area contributed by atoms with Gasteiger partial charge < -0.3 is 5.32 Å². The Bertz CT molecular complexity index is 692. The number of hydrogen-bond acceptors (Lipinski definition) is 5. The van der Waals surface area contributed by atoms with Gasteiger partial charge in [-0.05, 0) is 25.1 Å². The molecular weight excluding hydrogens is 353 g/mol. The Labute approximate surface area is 139 Å². The second-order valence-corrected chi connectivity index (χ2v) is 6.68. The SMILES string of the molecule is Cl.O=[N+]([O-])c1cc(Cl)ccc1S(=O)(=O)NCC1=CCNCC1. The highest BCUT2D eigenvalue weighted by molar-refractivity contribution is 7.89. The van der Waals surface area contributed by atoms with Crippen LogP contribution in [0, 0.1) is 10.1 Å². The molecule has 0 atom stereocenters. The van der Waals surface area contributed by atoms with E-state index >= 15 is 0 Å². The van der Waals surface area contributed by atoms with Gasteiger partial charge in [-0.15, -0.1) is 12.4 Å². The second kappa shape index (κ2) is 7.89. The van der Waals surface area contributed by atoms with Crippen LogP contribution in [0.5, 0.6) is 0 Å². The summed E-state index contributed by atoms with van der Waals surface area (Å²) in [5, 5.41) is 14.2. The molecule has 0 aliphatic carbocycles. The molecule has 1 heterocycles. The first-order valence-electron chi connectivity index (χ1n) is 6.22. The van der Waals surface area contributed by atoms with Gasteiger partial charge in [0.1, 0.15) is 0 Å². The third-order valence-corrected chi connectivity index (χ3v) is 4.74. The zero-order valence-electron chi connectivity index (χ0n) is 11.4. The Balaban J connectivity index is 0.00000242. The summed E-state index contributed by atoms with van der Waals surface area (Å²) >= 11 is 5.67. The lowest BCUT2D eigenvalue weighted by molar-refractivity contribution is -0.387. The zero-order valence-corrected chi connectivity index (χ0v) is 13.8. The van der Waals surface area contributed by atoms with Gasteiger partial charge in [0.05, 0.1) is 4.92 Å². The molecule has 10 heteroatoms. The van der Waals surface area contributed by atoms with E-state index in [4.69, 9.17) is 11.6 Å². The highest BCUT2D eigenvalue weighted by Crippen LogP contribution is 2.27. The molecule has 22 heavy (non-hydrogen) atoms. The molecule has 0 saturated heterocycles. The first kappa shape index (κ1) is 18.9. The van der Waals surface area contributed by atoms with Gasteiger partial charge in [0.2, 0.25) is 10.0 Å². The number of nitro groups is 1. The first-order valence-corrected chi connectivity index (χ1v) is 8.08. The molecule has 2 rings (SSSR count). The van der Waals surface area contributed by atoms with Crippen LogP contribution < -0.4 is 10.0 Å². The lowest BCUT2D eigenvalue weighted by Gasteiger charge is -2.14. The summed E-state index contributed by atoms with van der Waals surface area (Å²) in [7, 11) is -3.96. The van der Waals surface area contributed by atoms with Crippen molar-refractivity contribution in [2.45, 2.75) is 11.3 Å². The van der Waals surface area contributed by atoms with Crippen LogP contribution >= 0.6 is 24.0 Å². The molecular formula is C12H15Cl2N3O4S. The summed E-state index contributed by atoms with van der Waals surface area (Å²) in [5.74, 6) is 0. The molecule has 0 saturated carbocycles. The molecule has 1 aliphatic rings. The van der Waals surface area contributed by atoms with Gasteiger partial charge in [-0.1, -0.05) is 23.3 Å². The lowest BCUT2D eigenvalue weighted by atomic mass is 10.1. The van der Waals surface area contributed by atoms with Crippen molar-refractivity contribution < 1.29 is 13.3 Å². The van der Waals surface area contributed by atoms with Crippen LogP contribution in [0.25, 0.3) is 0 Å². The van der Waals surface area contributed by atoms with E-state index in [1.54, 1.807) is 0 Å². The summed E-state index contributed by atoms with van der Waals surface area (Å²) in [4.78, 5) is 9.82.